The summed E-state index contributed by atoms with van der Waals surface area (Å²) < 4.78 is 5.17. The first-order valence-electron chi connectivity index (χ1n) is 7.18. The zero-order valence-electron chi connectivity index (χ0n) is 11.5. The third kappa shape index (κ3) is 7.02. The second-order valence-corrected chi connectivity index (χ2v) is 5.44. The fraction of sp³-hybridized carbons (Fsp3) is 1.00. The lowest BCUT2D eigenvalue weighted by Gasteiger charge is -2.26. The molecule has 3 atom stereocenters. The van der Waals surface area contributed by atoms with Gasteiger partial charge in [-0.1, -0.05) is 26.2 Å². The van der Waals surface area contributed by atoms with Crippen LogP contribution < -0.4 is 5.32 Å². The van der Waals surface area contributed by atoms with E-state index in [2.05, 4.69) is 12.2 Å². The van der Waals surface area contributed by atoms with Gasteiger partial charge in [-0.2, -0.15) is 0 Å². The Bertz CT molecular complexity index is 187. The molecule has 102 valence electrons. The van der Waals surface area contributed by atoms with E-state index in [1.807, 2.05) is 6.92 Å². The first-order chi connectivity index (χ1) is 8.22. The first kappa shape index (κ1) is 14.9. The van der Waals surface area contributed by atoms with Crippen molar-refractivity contribution >= 4 is 0 Å². The first-order valence-corrected chi connectivity index (χ1v) is 7.18. The van der Waals surface area contributed by atoms with E-state index in [4.69, 9.17) is 4.74 Å². The molecule has 0 saturated heterocycles. The Balaban J connectivity index is 1.96. The maximum Gasteiger partial charge on any atom is 0.0897 e. The summed E-state index contributed by atoms with van der Waals surface area (Å²) in [6, 6.07) is 0. The van der Waals surface area contributed by atoms with Gasteiger partial charge in [-0.15, -0.1) is 0 Å². The lowest BCUT2D eigenvalue weighted by atomic mass is 9.81. The summed E-state index contributed by atoms with van der Waals surface area (Å²) in [4.78, 5) is 0. The third-order valence-electron chi connectivity index (χ3n) is 3.67. The van der Waals surface area contributed by atoms with Crippen LogP contribution in [-0.2, 0) is 4.74 Å². The molecule has 0 radical (unpaired) electrons. The van der Waals surface area contributed by atoms with Crippen molar-refractivity contribution in [3.05, 3.63) is 0 Å². The molecular weight excluding hydrogens is 214 g/mol. The van der Waals surface area contributed by atoms with Crippen molar-refractivity contribution in [2.24, 2.45) is 11.8 Å². The van der Waals surface area contributed by atoms with Crippen LogP contribution in [-0.4, -0.2) is 37.5 Å². The average molecular weight is 243 g/mol. The van der Waals surface area contributed by atoms with Crippen LogP contribution in [0.4, 0.5) is 0 Å². The van der Waals surface area contributed by atoms with Crippen LogP contribution in [0.1, 0.15) is 46.0 Å². The Morgan fingerprint density at radius 3 is 2.94 bits per heavy atom. The summed E-state index contributed by atoms with van der Waals surface area (Å²) >= 11 is 0. The minimum Gasteiger partial charge on any atom is -0.389 e. The Hall–Kier alpha value is -0.120. The maximum absolute atomic E-state index is 9.57. The molecule has 0 spiro atoms. The van der Waals surface area contributed by atoms with Crippen molar-refractivity contribution in [1.82, 2.24) is 5.32 Å². The molecule has 3 nitrogen and oxygen atoms in total. The van der Waals surface area contributed by atoms with E-state index in [1.165, 1.54) is 32.1 Å². The molecule has 0 aromatic heterocycles. The Labute approximate surface area is 106 Å². The van der Waals surface area contributed by atoms with Gasteiger partial charge in [0.25, 0.3) is 0 Å². The fourth-order valence-corrected chi connectivity index (χ4v) is 2.71. The summed E-state index contributed by atoms with van der Waals surface area (Å²) in [6.07, 6.45) is 6.50. The maximum atomic E-state index is 9.57. The normalized spacial score (nSPS) is 27.0. The van der Waals surface area contributed by atoms with Crippen LogP contribution in [0.15, 0.2) is 0 Å². The molecule has 17 heavy (non-hydrogen) atoms. The molecule has 0 amide bonds. The van der Waals surface area contributed by atoms with E-state index in [0.717, 1.165) is 18.4 Å². The number of aliphatic hydroxyl groups excluding tert-OH is 1. The van der Waals surface area contributed by atoms with Crippen molar-refractivity contribution in [2.75, 3.05) is 26.3 Å². The summed E-state index contributed by atoms with van der Waals surface area (Å²) in [5.74, 6) is 1.81. The van der Waals surface area contributed by atoms with Gasteiger partial charge in [-0.05, 0) is 38.1 Å². The van der Waals surface area contributed by atoms with Crippen molar-refractivity contribution in [2.45, 2.75) is 52.1 Å². The number of aliphatic hydroxyl groups is 1. The highest BCUT2D eigenvalue weighted by atomic mass is 16.5. The van der Waals surface area contributed by atoms with Crippen LogP contribution in [0.5, 0.6) is 0 Å². The van der Waals surface area contributed by atoms with Crippen LogP contribution >= 0.6 is 0 Å². The van der Waals surface area contributed by atoms with Gasteiger partial charge >= 0.3 is 0 Å². The molecule has 1 rings (SSSR count). The van der Waals surface area contributed by atoms with Gasteiger partial charge in [0.2, 0.25) is 0 Å². The molecule has 1 aliphatic carbocycles. The van der Waals surface area contributed by atoms with Gasteiger partial charge in [0, 0.05) is 13.2 Å². The average Bonchev–Trinajstić information content (AvgIpc) is 2.32. The SMILES string of the molecule is CCOCC(O)CNCCC1CCCC(C)C1. The lowest BCUT2D eigenvalue weighted by Crippen LogP contribution is -2.32. The number of rotatable bonds is 8. The van der Waals surface area contributed by atoms with Gasteiger partial charge in [-0.25, -0.2) is 0 Å². The number of ether oxygens (including phenoxy) is 1. The van der Waals surface area contributed by atoms with E-state index in [9.17, 15) is 5.11 Å². The minimum atomic E-state index is -0.361. The van der Waals surface area contributed by atoms with Crippen LogP contribution in [0.3, 0.4) is 0 Å². The smallest absolute Gasteiger partial charge is 0.0897 e. The van der Waals surface area contributed by atoms with Crippen LogP contribution in [0.2, 0.25) is 0 Å². The predicted molar refractivity (Wildman–Crippen MR) is 71.1 cm³/mol. The van der Waals surface area contributed by atoms with Gasteiger partial charge in [-0.3, -0.25) is 0 Å². The van der Waals surface area contributed by atoms with Gasteiger partial charge in [0.1, 0.15) is 0 Å². The molecule has 0 bridgehead atoms. The largest absolute Gasteiger partial charge is 0.389 e. The van der Waals surface area contributed by atoms with E-state index >= 15 is 0 Å². The molecule has 1 fully saturated rings. The second kappa shape index (κ2) is 8.90. The number of hydrogen-bond donors (Lipinski definition) is 2. The van der Waals surface area contributed by atoms with E-state index < -0.39 is 0 Å². The monoisotopic (exact) mass is 243 g/mol. The Morgan fingerprint density at radius 2 is 2.24 bits per heavy atom. The highest BCUT2D eigenvalue weighted by Crippen LogP contribution is 2.30. The molecule has 3 heteroatoms. The van der Waals surface area contributed by atoms with Gasteiger partial charge in [0.05, 0.1) is 12.7 Å². The Kier molecular flexibility index (Phi) is 7.82. The summed E-state index contributed by atoms with van der Waals surface area (Å²) in [5, 5.41) is 12.9. The molecule has 3 unspecified atom stereocenters. The van der Waals surface area contributed by atoms with Crippen molar-refractivity contribution in [3.8, 4) is 0 Å². The van der Waals surface area contributed by atoms with E-state index in [0.29, 0.717) is 19.8 Å². The molecule has 0 aromatic rings. The second-order valence-electron chi connectivity index (χ2n) is 5.44. The lowest BCUT2D eigenvalue weighted by molar-refractivity contribution is 0.0427. The summed E-state index contributed by atoms with van der Waals surface area (Å²) in [6.45, 7) is 7.12. The zero-order valence-corrected chi connectivity index (χ0v) is 11.5. The van der Waals surface area contributed by atoms with Crippen molar-refractivity contribution in [1.29, 1.82) is 0 Å². The van der Waals surface area contributed by atoms with Crippen molar-refractivity contribution in [3.63, 3.8) is 0 Å². The van der Waals surface area contributed by atoms with Gasteiger partial charge < -0.3 is 15.2 Å². The molecule has 2 N–H and O–H groups in total. The van der Waals surface area contributed by atoms with E-state index in [-0.39, 0.29) is 6.10 Å². The Morgan fingerprint density at radius 1 is 1.41 bits per heavy atom. The topological polar surface area (TPSA) is 41.5 Å². The van der Waals surface area contributed by atoms with Gasteiger partial charge in [0.15, 0.2) is 0 Å². The summed E-state index contributed by atoms with van der Waals surface area (Å²) in [7, 11) is 0. The molecule has 0 aliphatic heterocycles. The van der Waals surface area contributed by atoms with Crippen molar-refractivity contribution < 1.29 is 9.84 Å². The minimum absolute atomic E-state index is 0.361. The predicted octanol–water partition coefficient (Wildman–Crippen LogP) is 2.19. The third-order valence-corrected chi connectivity index (χ3v) is 3.67. The summed E-state index contributed by atoms with van der Waals surface area (Å²) in [5.41, 5.74) is 0. The quantitative estimate of drug-likeness (QED) is 0.642. The van der Waals surface area contributed by atoms with Crippen LogP contribution in [0.25, 0.3) is 0 Å². The fourth-order valence-electron chi connectivity index (χ4n) is 2.71. The highest BCUT2D eigenvalue weighted by molar-refractivity contribution is 4.71. The molecule has 0 heterocycles. The van der Waals surface area contributed by atoms with E-state index in [1.54, 1.807) is 0 Å². The van der Waals surface area contributed by atoms with Crippen LogP contribution in [0, 0.1) is 11.8 Å². The molecular formula is C14H29NO2. The standard InChI is InChI=1S/C14H29NO2/c1-3-17-11-14(16)10-15-8-7-13-6-4-5-12(2)9-13/h12-16H,3-11H2,1-2H3. The number of nitrogens with one attached hydrogen (secondary N) is 1. The molecule has 1 saturated carbocycles. The highest BCUT2D eigenvalue weighted by Gasteiger charge is 2.18. The zero-order chi connectivity index (χ0) is 12.5. The number of hydrogen-bond acceptors (Lipinski definition) is 3. The molecule has 0 aromatic carbocycles. The molecule has 1 aliphatic rings.